The second-order valence-electron chi connectivity index (χ2n) is 5.91. The lowest BCUT2D eigenvalue weighted by Gasteiger charge is -2.34. The molecule has 2 aliphatic carbocycles. The van der Waals surface area contributed by atoms with Gasteiger partial charge >= 0.3 is 0 Å². The monoisotopic (exact) mass is 265 g/mol. The first-order valence-electron chi connectivity index (χ1n) is 7.50. The Bertz CT molecular complexity index is 422. The van der Waals surface area contributed by atoms with E-state index in [1.165, 1.54) is 12.8 Å². The normalized spacial score (nSPS) is 24.3. The minimum atomic E-state index is -0.354. The molecule has 1 aromatic heterocycles. The van der Waals surface area contributed by atoms with Gasteiger partial charge in [-0.25, -0.2) is 0 Å². The predicted octanol–water partition coefficient (Wildman–Crippen LogP) is 2.82. The summed E-state index contributed by atoms with van der Waals surface area (Å²) in [5.74, 6) is 1.25. The van der Waals surface area contributed by atoms with Crippen molar-refractivity contribution in [1.29, 1.82) is 0 Å². The zero-order valence-electron chi connectivity index (χ0n) is 11.6. The van der Waals surface area contributed by atoms with Crippen LogP contribution >= 0.6 is 0 Å². The largest absolute Gasteiger partial charge is 0.365 e. The van der Waals surface area contributed by atoms with E-state index in [4.69, 9.17) is 15.0 Å². The summed E-state index contributed by atoms with van der Waals surface area (Å²) in [7, 11) is 0. The summed E-state index contributed by atoms with van der Waals surface area (Å²) >= 11 is 0. The summed E-state index contributed by atoms with van der Waals surface area (Å²) in [6.07, 6.45) is 9.02. The van der Waals surface area contributed by atoms with Crippen molar-refractivity contribution in [2.75, 3.05) is 0 Å². The van der Waals surface area contributed by atoms with Crippen LogP contribution in [0.5, 0.6) is 0 Å². The molecule has 2 saturated carbocycles. The Balaban J connectivity index is 1.68. The minimum absolute atomic E-state index is 0.0759. The molecule has 2 fully saturated rings. The lowest BCUT2D eigenvalue weighted by molar-refractivity contribution is -0.0275. The van der Waals surface area contributed by atoms with E-state index in [9.17, 15) is 0 Å². The third-order valence-electron chi connectivity index (χ3n) is 4.44. The van der Waals surface area contributed by atoms with Gasteiger partial charge in [0.1, 0.15) is 6.10 Å². The molecular formula is C14H23N3O2. The van der Waals surface area contributed by atoms with E-state index in [1.54, 1.807) is 0 Å². The van der Waals surface area contributed by atoms with Crippen molar-refractivity contribution < 1.29 is 9.26 Å². The Morgan fingerprint density at radius 2 is 2.11 bits per heavy atom. The number of nitrogens with zero attached hydrogens (tertiary/aromatic N) is 2. The van der Waals surface area contributed by atoms with E-state index in [0.29, 0.717) is 17.8 Å². The zero-order valence-corrected chi connectivity index (χ0v) is 11.6. The van der Waals surface area contributed by atoms with Crippen LogP contribution in [0.25, 0.3) is 0 Å². The maximum atomic E-state index is 6.22. The van der Waals surface area contributed by atoms with Crippen molar-refractivity contribution in [3.8, 4) is 0 Å². The molecule has 1 aromatic rings. The van der Waals surface area contributed by atoms with Crippen molar-refractivity contribution in [1.82, 2.24) is 10.1 Å². The minimum Gasteiger partial charge on any atom is -0.365 e. The molecule has 0 bridgehead atoms. The summed E-state index contributed by atoms with van der Waals surface area (Å²) < 4.78 is 11.5. The smallest absolute Gasteiger partial charge is 0.255 e. The third kappa shape index (κ3) is 2.54. The maximum Gasteiger partial charge on any atom is 0.255 e. The van der Waals surface area contributed by atoms with Gasteiger partial charge in [0.2, 0.25) is 0 Å². The van der Waals surface area contributed by atoms with Crippen molar-refractivity contribution >= 4 is 0 Å². The van der Waals surface area contributed by atoms with E-state index in [2.05, 4.69) is 17.1 Å². The van der Waals surface area contributed by atoms with Gasteiger partial charge in [0, 0.05) is 0 Å². The van der Waals surface area contributed by atoms with E-state index in [0.717, 1.165) is 38.5 Å². The van der Waals surface area contributed by atoms with Crippen LogP contribution in [0.4, 0.5) is 0 Å². The van der Waals surface area contributed by atoms with Crippen LogP contribution < -0.4 is 5.73 Å². The average Bonchev–Trinajstić information content (AvgIpc) is 3.04. The van der Waals surface area contributed by atoms with Crippen LogP contribution in [0.3, 0.4) is 0 Å². The van der Waals surface area contributed by atoms with Gasteiger partial charge in [-0.15, -0.1) is 0 Å². The number of hydrogen-bond acceptors (Lipinski definition) is 5. The molecule has 19 heavy (non-hydrogen) atoms. The van der Waals surface area contributed by atoms with E-state index in [1.807, 2.05) is 0 Å². The highest BCUT2D eigenvalue weighted by atomic mass is 16.5. The van der Waals surface area contributed by atoms with Crippen LogP contribution in [-0.4, -0.2) is 16.2 Å². The van der Waals surface area contributed by atoms with Crippen LogP contribution in [0, 0.1) is 0 Å². The Hall–Kier alpha value is -0.940. The Morgan fingerprint density at radius 1 is 1.37 bits per heavy atom. The maximum absolute atomic E-state index is 6.22. The third-order valence-corrected chi connectivity index (χ3v) is 4.44. The molecule has 0 saturated heterocycles. The molecule has 0 spiro atoms. The highest BCUT2D eigenvalue weighted by molar-refractivity contribution is 5.09. The molecule has 5 nitrogen and oxygen atoms in total. The molecule has 1 heterocycles. The molecule has 0 amide bonds. The fourth-order valence-electron chi connectivity index (χ4n) is 2.94. The Labute approximate surface area is 113 Å². The molecule has 0 aromatic carbocycles. The van der Waals surface area contributed by atoms with Gasteiger partial charge in [-0.3, -0.25) is 0 Å². The van der Waals surface area contributed by atoms with Crippen LogP contribution in [-0.2, 0) is 10.3 Å². The van der Waals surface area contributed by atoms with Gasteiger partial charge in [0.15, 0.2) is 5.82 Å². The van der Waals surface area contributed by atoms with Gasteiger partial charge in [0.05, 0.1) is 11.6 Å². The Kier molecular flexibility index (Phi) is 3.58. The highest BCUT2D eigenvalue weighted by Gasteiger charge is 2.39. The van der Waals surface area contributed by atoms with Crippen molar-refractivity contribution in [3.63, 3.8) is 0 Å². The second-order valence-corrected chi connectivity index (χ2v) is 5.91. The first kappa shape index (κ1) is 13.1. The predicted molar refractivity (Wildman–Crippen MR) is 70.4 cm³/mol. The summed E-state index contributed by atoms with van der Waals surface area (Å²) in [4.78, 5) is 4.49. The van der Waals surface area contributed by atoms with Crippen LogP contribution in [0.1, 0.15) is 76.1 Å². The highest BCUT2D eigenvalue weighted by Crippen LogP contribution is 2.38. The number of aromatic nitrogens is 2. The molecule has 1 unspecified atom stereocenters. The topological polar surface area (TPSA) is 74.2 Å². The van der Waals surface area contributed by atoms with Gasteiger partial charge < -0.3 is 15.0 Å². The quantitative estimate of drug-likeness (QED) is 0.886. The fourth-order valence-corrected chi connectivity index (χ4v) is 2.94. The molecular weight excluding hydrogens is 242 g/mol. The molecule has 1 atom stereocenters. The number of rotatable bonds is 5. The van der Waals surface area contributed by atoms with E-state index < -0.39 is 0 Å². The van der Waals surface area contributed by atoms with Gasteiger partial charge in [0.25, 0.3) is 5.89 Å². The second kappa shape index (κ2) is 5.21. The standard InChI is InChI=1S/C14H23N3O2/c1-2-11(18-10-6-3-4-7-10)12-16-13(17-19-12)14(15)8-5-9-14/h10-11H,2-9,15H2,1H3. The molecule has 2 N–H and O–H groups in total. The zero-order chi connectivity index (χ0) is 13.3. The first-order chi connectivity index (χ1) is 9.21. The average molecular weight is 265 g/mol. The molecule has 5 heteroatoms. The van der Waals surface area contributed by atoms with E-state index >= 15 is 0 Å². The summed E-state index contributed by atoms with van der Waals surface area (Å²) in [6.45, 7) is 2.09. The SMILES string of the molecule is CCC(OC1CCCC1)c1nc(C2(N)CCC2)no1. The van der Waals surface area contributed by atoms with Crippen LogP contribution in [0.2, 0.25) is 0 Å². The lowest BCUT2D eigenvalue weighted by Crippen LogP contribution is -2.44. The number of ether oxygens (including phenoxy) is 1. The summed E-state index contributed by atoms with van der Waals surface area (Å²) in [6, 6.07) is 0. The van der Waals surface area contributed by atoms with E-state index in [-0.39, 0.29) is 11.6 Å². The van der Waals surface area contributed by atoms with Crippen LogP contribution in [0.15, 0.2) is 4.52 Å². The fraction of sp³-hybridized carbons (Fsp3) is 0.857. The van der Waals surface area contributed by atoms with Gasteiger partial charge in [-0.1, -0.05) is 24.9 Å². The van der Waals surface area contributed by atoms with Crippen molar-refractivity contribution in [3.05, 3.63) is 11.7 Å². The molecule has 0 aliphatic heterocycles. The molecule has 0 radical (unpaired) electrons. The lowest BCUT2D eigenvalue weighted by atomic mass is 9.77. The molecule has 3 rings (SSSR count). The number of hydrogen-bond donors (Lipinski definition) is 1. The van der Waals surface area contributed by atoms with Gasteiger partial charge in [-0.05, 0) is 38.5 Å². The molecule has 106 valence electrons. The van der Waals surface area contributed by atoms with Gasteiger partial charge in [-0.2, -0.15) is 4.98 Å². The van der Waals surface area contributed by atoms with Crippen molar-refractivity contribution in [2.45, 2.75) is 76.0 Å². The summed E-state index contributed by atoms with van der Waals surface area (Å²) in [5.41, 5.74) is 5.86. The number of nitrogens with two attached hydrogens (primary N) is 1. The summed E-state index contributed by atoms with van der Waals surface area (Å²) in [5, 5.41) is 4.06. The Morgan fingerprint density at radius 3 is 2.68 bits per heavy atom. The first-order valence-corrected chi connectivity index (χ1v) is 7.50. The molecule has 2 aliphatic rings. The van der Waals surface area contributed by atoms with Crippen molar-refractivity contribution in [2.24, 2.45) is 5.73 Å².